The third-order valence-electron chi connectivity index (χ3n) is 1.64. The molecular formula is C7H11F3O2. The zero-order valence-corrected chi connectivity index (χ0v) is 6.54. The molecule has 0 saturated heterocycles. The fourth-order valence-corrected chi connectivity index (χ4v) is 0.885. The summed E-state index contributed by atoms with van der Waals surface area (Å²) < 4.78 is 36.1. The van der Waals surface area contributed by atoms with Gasteiger partial charge in [-0.15, -0.1) is 6.58 Å². The summed E-state index contributed by atoms with van der Waals surface area (Å²) in [6.07, 6.45) is -5.96. The van der Waals surface area contributed by atoms with Gasteiger partial charge in [-0.2, -0.15) is 13.2 Å². The Morgan fingerprint density at radius 1 is 1.33 bits per heavy atom. The monoisotopic (exact) mass is 184 g/mol. The summed E-state index contributed by atoms with van der Waals surface area (Å²) in [6, 6.07) is 0. The zero-order valence-electron chi connectivity index (χ0n) is 6.54. The van der Waals surface area contributed by atoms with E-state index in [0.29, 0.717) is 0 Å². The minimum absolute atomic E-state index is 1.01. The van der Waals surface area contributed by atoms with Crippen molar-refractivity contribution in [3.05, 3.63) is 12.7 Å². The lowest BCUT2D eigenvalue weighted by atomic mass is 9.93. The van der Waals surface area contributed by atoms with Crippen LogP contribution >= 0.6 is 0 Å². The largest absolute Gasteiger partial charge is 0.397 e. The van der Waals surface area contributed by atoms with Crippen molar-refractivity contribution < 1.29 is 23.4 Å². The number of hydrogen-bond acceptors (Lipinski definition) is 2. The topological polar surface area (TPSA) is 40.5 Å². The van der Waals surface area contributed by atoms with E-state index < -0.39 is 24.3 Å². The molecule has 0 aromatic heterocycles. The highest BCUT2D eigenvalue weighted by Crippen LogP contribution is 2.34. The minimum atomic E-state index is -4.61. The van der Waals surface area contributed by atoms with Crippen LogP contribution in [-0.4, -0.2) is 22.7 Å². The smallest absolute Gasteiger partial charge is 0.368 e. The predicted octanol–water partition coefficient (Wildman–Crippen LogP) is 1.30. The van der Waals surface area contributed by atoms with Gasteiger partial charge in [-0.1, -0.05) is 13.0 Å². The standard InChI is InChI=1S/C7H11F3O2/c1-3-4(2)5(6(11)12)7(8,9)10/h3-6,11-12H,1H2,2H3. The summed E-state index contributed by atoms with van der Waals surface area (Å²) in [5.41, 5.74) is 0. The Hall–Kier alpha value is -0.550. The molecule has 0 fully saturated rings. The van der Waals surface area contributed by atoms with E-state index in [-0.39, 0.29) is 0 Å². The molecule has 72 valence electrons. The maximum atomic E-state index is 12.0. The van der Waals surface area contributed by atoms with E-state index in [4.69, 9.17) is 10.2 Å². The van der Waals surface area contributed by atoms with E-state index in [2.05, 4.69) is 6.58 Å². The average Bonchev–Trinajstić information content (AvgIpc) is 1.83. The van der Waals surface area contributed by atoms with Crippen molar-refractivity contribution in [3.63, 3.8) is 0 Å². The van der Waals surface area contributed by atoms with Gasteiger partial charge in [0.1, 0.15) is 5.92 Å². The molecule has 0 spiro atoms. The first-order chi connectivity index (χ1) is 5.30. The Balaban J connectivity index is 4.55. The fraction of sp³-hybridized carbons (Fsp3) is 0.714. The van der Waals surface area contributed by atoms with Crippen molar-refractivity contribution in [1.29, 1.82) is 0 Å². The number of alkyl halides is 3. The second kappa shape index (κ2) is 3.91. The Kier molecular flexibility index (Phi) is 3.73. The Morgan fingerprint density at radius 3 is 1.83 bits per heavy atom. The molecule has 0 aliphatic rings. The Morgan fingerprint density at radius 2 is 1.75 bits per heavy atom. The van der Waals surface area contributed by atoms with Crippen LogP contribution in [0.25, 0.3) is 0 Å². The molecule has 2 N–H and O–H groups in total. The number of hydrogen-bond donors (Lipinski definition) is 2. The van der Waals surface area contributed by atoms with Gasteiger partial charge in [0.25, 0.3) is 0 Å². The van der Waals surface area contributed by atoms with Gasteiger partial charge in [0.05, 0.1) is 0 Å². The number of rotatable bonds is 3. The van der Waals surface area contributed by atoms with Crippen LogP contribution in [0.1, 0.15) is 6.92 Å². The molecule has 0 amide bonds. The van der Waals surface area contributed by atoms with Crippen LogP contribution in [0.15, 0.2) is 12.7 Å². The lowest BCUT2D eigenvalue weighted by Crippen LogP contribution is -2.38. The van der Waals surface area contributed by atoms with Gasteiger partial charge >= 0.3 is 6.18 Å². The fourth-order valence-electron chi connectivity index (χ4n) is 0.885. The molecule has 2 atom stereocenters. The number of aliphatic hydroxyl groups excluding tert-OH is 1. The average molecular weight is 184 g/mol. The number of aliphatic hydroxyl groups is 2. The van der Waals surface area contributed by atoms with Crippen LogP contribution in [0.5, 0.6) is 0 Å². The van der Waals surface area contributed by atoms with E-state index in [1.165, 1.54) is 6.92 Å². The first-order valence-electron chi connectivity index (χ1n) is 3.36. The first-order valence-corrected chi connectivity index (χ1v) is 3.36. The molecule has 0 aromatic rings. The maximum absolute atomic E-state index is 12.0. The molecule has 0 aliphatic heterocycles. The summed E-state index contributed by atoms with van der Waals surface area (Å²) in [6.45, 7) is 4.38. The Labute approximate surface area is 68.3 Å². The third-order valence-corrected chi connectivity index (χ3v) is 1.64. The van der Waals surface area contributed by atoms with E-state index in [9.17, 15) is 13.2 Å². The highest BCUT2D eigenvalue weighted by atomic mass is 19.4. The molecule has 12 heavy (non-hydrogen) atoms. The van der Waals surface area contributed by atoms with Gasteiger partial charge in [0, 0.05) is 0 Å². The zero-order chi connectivity index (χ0) is 9.94. The lowest BCUT2D eigenvalue weighted by Gasteiger charge is -2.25. The Bertz CT molecular complexity index is 153. The lowest BCUT2D eigenvalue weighted by molar-refractivity contribution is -0.247. The van der Waals surface area contributed by atoms with Gasteiger partial charge in [0.2, 0.25) is 0 Å². The normalized spacial score (nSPS) is 17.6. The third kappa shape index (κ3) is 2.83. The molecule has 0 radical (unpaired) electrons. The molecule has 0 aliphatic carbocycles. The summed E-state index contributed by atoms with van der Waals surface area (Å²) in [5.74, 6) is -3.17. The van der Waals surface area contributed by atoms with Crippen LogP contribution in [0, 0.1) is 11.8 Å². The van der Waals surface area contributed by atoms with E-state index in [1.54, 1.807) is 0 Å². The van der Waals surface area contributed by atoms with Crippen molar-refractivity contribution in [3.8, 4) is 0 Å². The van der Waals surface area contributed by atoms with Crippen LogP contribution < -0.4 is 0 Å². The van der Waals surface area contributed by atoms with Gasteiger partial charge in [-0.05, 0) is 5.92 Å². The molecule has 2 nitrogen and oxygen atoms in total. The van der Waals surface area contributed by atoms with E-state index >= 15 is 0 Å². The van der Waals surface area contributed by atoms with E-state index in [0.717, 1.165) is 6.08 Å². The molecule has 0 saturated carbocycles. The second-order valence-corrected chi connectivity index (χ2v) is 2.58. The molecule has 0 heterocycles. The van der Waals surface area contributed by atoms with Crippen molar-refractivity contribution in [2.75, 3.05) is 0 Å². The van der Waals surface area contributed by atoms with E-state index in [1.807, 2.05) is 0 Å². The molecule has 0 rings (SSSR count). The van der Waals surface area contributed by atoms with Gasteiger partial charge < -0.3 is 10.2 Å². The molecule has 0 aromatic carbocycles. The summed E-state index contributed by atoms with van der Waals surface area (Å²) in [4.78, 5) is 0. The van der Waals surface area contributed by atoms with Crippen LogP contribution in [0.3, 0.4) is 0 Å². The summed E-state index contributed by atoms with van der Waals surface area (Å²) >= 11 is 0. The van der Waals surface area contributed by atoms with Gasteiger partial charge in [0.15, 0.2) is 6.29 Å². The second-order valence-electron chi connectivity index (χ2n) is 2.58. The van der Waals surface area contributed by atoms with Gasteiger partial charge in [-0.3, -0.25) is 0 Å². The number of allylic oxidation sites excluding steroid dienone is 1. The molecule has 5 heteroatoms. The first kappa shape index (κ1) is 11.4. The van der Waals surface area contributed by atoms with Crippen LogP contribution in [-0.2, 0) is 0 Å². The number of halogens is 3. The predicted molar refractivity (Wildman–Crippen MR) is 37.1 cm³/mol. The van der Waals surface area contributed by atoms with Gasteiger partial charge in [-0.25, -0.2) is 0 Å². The SMILES string of the molecule is C=CC(C)C(C(O)O)C(F)(F)F. The maximum Gasteiger partial charge on any atom is 0.397 e. The molecule has 0 bridgehead atoms. The highest BCUT2D eigenvalue weighted by Gasteiger charge is 2.46. The quantitative estimate of drug-likeness (QED) is 0.512. The minimum Gasteiger partial charge on any atom is -0.368 e. The van der Waals surface area contributed by atoms with Crippen molar-refractivity contribution in [2.24, 2.45) is 11.8 Å². The summed E-state index contributed by atoms with van der Waals surface area (Å²) in [5, 5.41) is 16.9. The molecule has 2 unspecified atom stereocenters. The molecular weight excluding hydrogens is 173 g/mol. The van der Waals surface area contributed by atoms with Crippen LogP contribution in [0.2, 0.25) is 0 Å². The van der Waals surface area contributed by atoms with Crippen molar-refractivity contribution in [1.82, 2.24) is 0 Å². The van der Waals surface area contributed by atoms with Crippen LogP contribution in [0.4, 0.5) is 13.2 Å². The highest BCUT2D eigenvalue weighted by molar-refractivity contribution is 4.86. The van der Waals surface area contributed by atoms with Crippen molar-refractivity contribution >= 4 is 0 Å². The van der Waals surface area contributed by atoms with Crippen molar-refractivity contribution in [2.45, 2.75) is 19.4 Å². The summed E-state index contributed by atoms with van der Waals surface area (Å²) in [7, 11) is 0.